The first kappa shape index (κ1) is 11.1. The molecule has 0 aliphatic heterocycles. The molecule has 3 atom stereocenters. The molecule has 0 spiro atoms. The fourth-order valence-corrected chi connectivity index (χ4v) is 3.49. The summed E-state index contributed by atoms with van der Waals surface area (Å²) in [5.74, 6) is 1.58. The molecule has 2 bridgehead atoms. The molecule has 1 N–H and O–H groups in total. The van der Waals surface area contributed by atoms with Gasteiger partial charge in [0, 0.05) is 16.6 Å². The third kappa shape index (κ3) is 2.19. The summed E-state index contributed by atoms with van der Waals surface area (Å²) in [6.45, 7) is 0. The van der Waals surface area contributed by atoms with Crippen LogP contribution in [0.15, 0.2) is 24.3 Å². The van der Waals surface area contributed by atoms with Crippen LogP contribution >= 0.6 is 11.6 Å². The fourth-order valence-electron chi connectivity index (χ4n) is 3.30. The minimum Gasteiger partial charge on any atom is -0.349 e. The zero-order valence-corrected chi connectivity index (χ0v) is 10.4. The van der Waals surface area contributed by atoms with Crippen LogP contribution in [-0.2, 0) is 0 Å². The van der Waals surface area contributed by atoms with Crippen molar-refractivity contribution in [2.45, 2.75) is 31.7 Å². The van der Waals surface area contributed by atoms with Gasteiger partial charge in [-0.3, -0.25) is 4.79 Å². The van der Waals surface area contributed by atoms with Gasteiger partial charge in [0.15, 0.2) is 0 Å². The number of carbonyl (C=O) groups is 1. The second-order valence-electron chi connectivity index (χ2n) is 5.27. The second kappa shape index (κ2) is 4.34. The van der Waals surface area contributed by atoms with E-state index in [1.807, 2.05) is 12.1 Å². The highest BCUT2D eigenvalue weighted by Gasteiger charge is 2.40. The monoisotopic (exact) mass is 249 g/mol. The summed E-state index contributed by atoms with van der Waals surface area (Å²) in [4.78, 5) is 12.1. The second-order valence-corrected chi connectivity index (χ2v) is 5.70. The summed E-state index contributed by atoms with van der Waals surface area (Å²) in [5.41, 5.74) is 0.667. The average molecular weight is 250 g/mol. The van der Waals surface area contributed by atoms with Crippen LogP contribution < -0.4 is 5.32 Å². The molecule has 1 amide bonds. The standard InChI is InChI=1S/C14H16ClNO/c15-12-3-1-2-11(8-12)14(17)16-13-7-9-4-5-10(13)6-9/h1-3,8-10,13H,4-7H2,(H,16,17)/t9-,10+,13+/m1/s1. The van der Waals surface area contributed by atoms with Crippen molar-refractivity contribution in [1.29, 1.82) is 0 Å². The number of halogens is 1. The Bertz CT molecular complexity index is 446. The summed E-state index contributed by atoms with van der Waals surface area (Å²) in [6.07, 6.45) is 5.11. The third-order valence-electron chi connectivity index (χ3n) is 4.14. The lowest BCUT2D eigenvalue weighted by Gasteiger charge is -2.22. The smallest absolute Gasteiger partial charge is 0.251 e. The van der Waals surface area contributed by atoms with Gasteiger partial charge >= 0.3 is 0 Å². The van der Waals surface area contributed by atoms with Gasteiger partial charge in [-0.25, -0.2) is 0 Å². The molecule has 2 saturated carbocycles. The van der Waals surface area contributed by atoms with Gasteiger partial charge in [0.05, 0.1) is 0 Å². The van der Waals surface area contributed by atoms with E-state index >= 15 is 0 Å². The maximum absolute atomic E-state index is 12.1. The summed E-state index contributed by atoms with van der Waals surface area (Å²) < 4.78 is 0. The topological polar surface area (TPSA) is 29.1 Å². The molecule has 0 unspecified atom stereocenters. The van der Waals surface area contributed by atoms with Gasteiger partial charge in [0.2, 0.25) is 0 Å². The SMILES string of the molecule is O=C(N[C@H]1C[C@@H]2CC[C@H]1C2)c1cccc(Cl)c1. The van der Waals surface area contributed by atoms with E-state index in [-0.39, 0.29) is 5.91 Å². The lowest BCUT2D eigenvalue weighted by molar-refractivity contribution is 0.0923. The van der Waals surface area contributed by atoms with Crippen molar-refractivity contribution >= 4 is 17.5 Å². The Balaban J connectivity index is 1.68. The first-order valence-electron chi connectivity index (χ1n) is 6.29. The Morgan fingerprint density at radius 1 is 1.29 bits per heavy atom. The number of benzene rings is 1. The molecule has 1 aromatic rings. The molecule has 17 heavy (non-hydrogen) atoms. The molecule has 1 aromatic carbocycles. The molecule has 2 fully saturated rings. The molecular formula is C14H16ClNO. The lowest BCUT2D eigenvalue weighted by atomic mass is 9.95. The van der Waals surface area contributed by atoms with Crippen LogP contribution in [-0.4, -0.2) is 11.9 Å². The maximum Gasteiger partial charge on any atom is 0.251 e. The quantitative estimate of drug-likeness (QED) is 0.857. The first-order valence-corrected chi connectivity index (χ1v) is 6.66. The van der Waals surface area contributed by atoms with E-state index < -0.39 is 0 Å². The van der Waals surface area contributed by atoms with Crippen LogP contribution in [0.2, 0.25) is 5.02 Å². The predicted molar refractivity (Wildman–Crippen MR) is 68.2 cm³/mol. The van der Waals surface area contributed by atoms with Crippen LogP contribution in [0.1, 0.15) is 36.0 Å². The molecule has 0 saturated heterocycles. The van der Waals surface area contributed by atoms with Crippen molar-refractivity contribution in [2.75, 3.05) is 0 Å². The number of hydrogen-bond donors (Lipinski definition) is 1. The summed E-state index contributed by atoms with van der Waals surface area (Å²) in [7, 11) is 0. The molecule has 0 heterocycles. The zero-order chi connectivity index (χ0) is 11.8. The fraction of sp³-hybridized carbons (Fsp3) is 0.500. The number of fused-ring (bicyclic) bond motifs is 2. The minimum atomic E-state index is 0.0186. The Morgan fingerprint density at radius 2 is 2.18 bits per heavy atom. The van der Waals surface area contributed by atoms with Crippen LogP contribution in [0.5, 0.6) is 0 Å². The number of amides is 1. The molecule has 2 aliphatic carbocycles. The van der Waals surface area contributed by atoms with Gasteiger partial charge < -0.3 is 5.32 Å². The average Bonchev–Trinajstić information content (AvgIpc) is 2.91. The Labute approximate surface area is 106 Å². The number of hydrogen-bond acceptors (Lipinski definition) is 1. The molecule has 3 heteroatoms. The van der Waals surface area contributed by atoms with Crippen LogP contribution in [0.25, 0.3) is 0 Å². The molecular weight excluding hydrogens is 234 g/mol. The van der Waals surface area contributed by atoms with E-state index in [9.17, 15) is 4.79 Å². The summed E-state index contributed by atoms with van der Waals surface area (Å²) >= 11 is 5.89. The highest BCUT2D eigenvalue weighted by atomic mass is 35.5. The van der Waals surface area contributed by atoms with Crippen LogP contribution in [0.4, 0.5) is 0 Å². The molecule has 0 aromatic heterocycles. The van der Waals surface area contributed by atoms with Gasteiger partial charge in [-0.15, -0.1) is 0 Å². The maximum atomic E-state index is 12.1. The number of carbonyl (C=O) groups excluding carboxylic acids is 1. The van der Waals surface area contributed by atoms with Gasteiger partial charge in [-0.2, -0.15) is 0 Å². The van der Waals surface area contributed by atoms with E-state index in [4.69, 9.17) is 11.6 Å². The van der Waals surface area contributed by atoms with Gasteiger partial charge in [0.25, 0.3) is 5.91 Å². The number of nitrogens with one attached hydrogen (secondary N) is 1. The predicted octanol–water partition coefficient (Wildman–Crippen LogP) is 3.26. The molecule has 2 aliphatic rings. The Morgan fingerprint density at radius 3 is 2.82 bits per heavy atom. The normalized spacial score (nSPS) is 30.5. The van der Waals surface area contributed by atoms with Crippen molar-refractivity contribution in [3.63, 3.8) is 0 Å². The van der Waals surface area contributed by atoms with Gasteiger partial charge in [-0.1, -0.05) is 24.1 Å². The largest absolute Gasteiger partial charge is 0.349 e. The van der Waals surface area contributed by atoms with Crippen molar-refractivity contribution < 1.29 is 4.79 Å². The van der Waals surface area contributed by atoms with Crippen molar-refractivity contribution in [3.05, 3.63) is 34.9 Å². The summed E-state index contributed by atoms with van der Waals surface area (Å²) in [6, 6.07) is 7.53. The van der Waals surface area contributed by atoms with Crippen LogP contribution in [0.3, 0.4) is 0 Å². The first-order chi connectivity index (χ1) is 8.22. The van der Waals surface area contributed by atoms with E-state index in [1.165, 1.54) is 19.3 Å². The third-order valence-corrected chi connectivity index (χ3v) is 4.38. The van der Waals surface area contributed by atoms with Crippen molar-refractivity contribution in [2.24, 2.45) is 11.8 Å². The number of rotatable bonds is 2. The minimum absolute atomic E-state index is 0.0186. The van der Waals surface area contributed by atoms with Gasteiger partial charge in [0.1, 0.15) is 0 Å². The van der Waals surface area contributed by atoms with E-state index in [0.29, 0.717) is 22.5 Å². The Hall–Kier alpha value is -1.02. The van der Waals surface area contributed by atoms with Gasteiger partial charge in [-0.05, 0) is 49.3 Å². The highest BCUT2D eigenvalue weighted by molar-refractivity contribution is 6.30. The lowest BCUT2D eigenvalue weighted by Crippen LogP contribution is -2.38. The zero-order valence-electron chi connectivity index (χ0n) is 9.66. The highest BCUT2D eigenvalue weighted by Crippen LogP contribution is 2.44. The summed E-state index contributed by atoms with van der Waals surface area (Å²) in [5, 5.41) is 3.77. The van der Waals surface area contributed by atoms with Crippen molar-refractivity contribution in [1.82, 2.24) is 5.32 Å². The molecule has 3 rings (SSSR count). The molecule has 2 nitrogen and oxygen atoms in total. The van der Waals surface area contributed by atoms with E-state index in [0.717, 1.165) is 12.3 Å². The van der Waals surface area contributed by atoms with Crippen molar-refractivity contribution in [3.8, 4) is 0 Å². The Kier molecular flexibility index (Phi) is 2.83. The van der Waals surface area contributed by atoms with E-state index in [2.05, 4.69) is 5.32 Å². The molecule has 90 valence electrons. The van der Waals surface area contributed by atoms with Crippen LogP contribution in [0, 0.1) is 11.8 Å². The molecule has 0 radical (unpaired) electrons. The van der Waals surface area contributed by atoms with E-state index in [1.54, 1.807) is 12.1 Å².